The van der Waals surface area contributed by atoms with Crippen LogP contribution in [-0.2, 0) is 4.79 Å². The molecule has 0 bridgehead atoms. The maximum Gasteiger partial charge on any atom is 0.346 e. The van der Waals surface area contributed by atoms with E-state index in [4.69, 9.17) is 15.1 Å². The van der Waals surface area contributed by atoms with Gasteiger partial charge < -0.3 is 9.84 Å². The van der Waals surface area contributed by atoms with Gasteiger partial charge in [-0.25, -0.2) is 4.79 Å². The van der Waals surface area contributed by atoms with Crippen LogP contribution >= 0.6 is 0 Å². The highest BCUT2D eigenvalue weighted by atomic mass is 16.5. The van der Waals surface area contributed by atoms with Crippen molar-refractivity contribution in [2.75, 3.05) is 6.61 Å². The Morgan fingerprint density at radius 3 is 2.21 bits per heavy atom. The largest absolute Gasteiger partial charge is 0.494 e. The summed E-state index contributed by atoms with van der Waals surface area (Å²) in [5, 5.41) is 17.6. The van der Waals surface area contributed by atoms with E-state index < -0.39 is 5.97 Å². The van der Waals surface area contributed by atoms with E-state index in [-0.39, 0.29) is 5.57 Å². The van der Waals surface area contributed by atoms with Crippen LogP contribution < -0.4 is 4.74 Å². The number of unbranched alkanes of at least 4 members (excludes halogenated alkanes) is 7. The van der Waals surface area contributed by atoms with Crippen LogP contribution in [0.15, 0.2) is 29.8 Å². The second kappa shape index (κ2) is 12.2. The Hall–Kier alpha value is -2.28. The Kier molecular flexibility index (Phi) is 10.0. The lowest BCUT2D eigenvalue weighted by molar-refractivity contribution is -0.132. The molecule has 0 fully saturated rings. The van der Waals surface area contributed by atoms with E-state index in [1.165, 1.54) is 51.0 Å². The third kappa shape index (κ3) is 8.38. The third-order valence-corrected chi connectivity index (χ3v) is 3.81. The molecule has 4 nitrogen and oxygen atoms in total. The standard InChI is InChI=1S/C20H27NO3/c1-2-3-4-5-6-7-8-9-14-24-19-12-10-17(11-13-19)15-18(16-21)20(22)23/h10-13,15H,2-9,14H2,1H3,(H,22,23). The first kappa shape index (κ1) is 19.8. The van der Waals surface area contributed by atoms with E-state index >= 15 is 0 Å². The molecule has 4 heteroatoms. The summed E-state index contributed by atoms with van der Waals surface area (Å²) in [6, 6.07) is 8.77. The molecule has 0 aliphatic rings. The van der Waals surface area contributed by atoms with Gasteiger partial charge in [0.05, 0.1) is 6.61 Å². The van der Waals surface area contributed by atoms with Gasteiger partial charge in [-0.3, -0.25) is 0 Å². The molecule has 0 amide bonds. The quantitative estimate of drug-likeness (QED) is 0.325. The van der Waals surface area contributed by atoms with E-state index in [1.54, 1.807) is 30.3 Å². The monoisotopic (exact) mass is 329 g/mol. The molecule has 0 aliphatic carbocycles. The number of carboxylic acids is 1. The Bertz CT molecular complexity index is 555. The molecular weight excluding hydrogens is 302 g/mol. The maximum absolute atomic E-state index is 10.8. The number of nitriles is 1. The Morgan fingerprint density at radius 2 is 1.67 bits per heavy atom. The minimum atomic E-state index is -1.22. The number of carboxylic acid groups (broad SMARTS) is 1. The topological polar surface area (TPSA) is 70.3 Å². The number of carbonyl (C=O) groups is 1. The fourth-order valence-electron chi connectivity index (χ4n) is 2.39. The van der Waals surface area contributed by atoms with Crippen LogP contribution in [0.5, 0.6) is 5.75 Å². The van der Waals surface area contributed by atoms with Gasteiger partial charge in [0.25, 0.3) is 0 Å². The number of ether oxygens (including phenoxy) is 1. The highest BCUT2D eigenvalue weighted by Crippen LogP contribution is 2.15. The average Bonchev–Trinajstić information content (AvgIpc) is 2.59. The van der Waals surface area contributed by atoms with Gasteiger partial charge in [-0.15, -0.1) is 0 Å². The van der Waals surface area contributed by atoms with Crippen LogP contribution in [0.2, 0.25) is 0 Å². The van der Waals surface area contributed by atoms with Gasteiger partial charge in [0.1, 0.15) is 17.4 Å². The number of hydrogen-bond acceptors (Lipinski definition) is 3. The predicted molar refractivity (Wildman–Crippen MR) is 95.8 cm³/mol. The second-order valence-corrected chi connectivity index (χ2v) is 5.87. The number of rotatable bonds is 12. The molecule has 0 spiro atoms. The summed E-state index contributed by atoms with van der Waals surface area (Å²) in [6.45, 7) is 2.93. The van der Waals surface area contributed by atoms with Crippen LogP contribution in [0, 0.1) is 11.3 Å². The molecular formula is C20H27NO3. The van der Waals surface area contributed by atoms with Gasteiger partial charge in [-0.1, -0.05) is 64.0 Å². The first-order valence-electron chi connectivity index (χ1n) is 8.75. The maximum atomic E-state index is 10.8. The van der Waals surface area contributed by atoms with Gasteiger partial charge in [0.2, 0.25) is 0 Å². The minimum Gasteiger partial charge on any atom is -0.494 e. The molecule has 1 rings (SSSR count). The predicted octanol–water partition coefficient (Wildman–Crippen LogP) is 5.20. The Labute approximate surface area is 144 Å². The lowest BCUT2D eigenvalue weighted by atomic mass is 10.1. The summed E-state index contributed by atoms with van der Waals surface area (Å²) in [4.78, 5) is 10.8. The molecule has 1 aromatic rings. The number of hydrogen-bond donors (Lipinski definition) is 1. The number of benzene rings is 1. The second-order valence-electron chi connectivity index (χ2n) is 5.87. The Morgan fingerprint density at radius 1 is 1.08 bits per heavy atom. The van der Waals surface area contributed by atoms with Crippen molar-refractivity contribution in [2.45, 2.75) is 58.3 Å². The minimum absolute atomic E-state index is 0.275. The molecule has 1 aromatic carbocycles. The van der Waals surface area contributed by atoms with Crippen molar-refractivity contribution >= 4 is 12.0 Å². The van der Waals surface area contributed by atoms with Crippen LogP contribution in [0.1, 0.15) is 63.9 Å². The smallest absolute Gasteiger partial charge is 0.346 e. The van der Waals surface area contributed by atoms with Crippen molar-refractivity contribution in [2.24, 2.45) is 0 Å². The summed E-state index contributed by atoms with van der Waals surface area (Å²) in [5.74, 6) is -0.448. The molecule has 0 radical (unpaired) electrons. The zero-order valence-corrected chi connectivity index (χ0v) is 14.5. The fraction of sp³-hybridized carbons (Fsp3) is 0.500. The molecule has 0 atom stereocenters. The number of nitrogens with zero attached hydrogens (tertiary/aromatic N) is 1. The summed E-state index contributed by atoms with van der Waals surface area (Å²) >= 11 is 0. The SMILES string of the molecule is CCCCCCCCCCOc1ccc(C=C(C#N)C(=O)O)cc1. The van der Waals surface area contributed by atoms with Crippen LogP contribution in [0.4, 0.5) is 0 Å². The summed E-state index contributed by atoms with van der Waals surface area (Å²) < 4.78 is 5.68. The molecule has 0 saturated carbocycles. The zero-order valence-electron chi connectivity index (χ0n) is 14.5. The van der Waals surface area contributed by atoms with Gasteiger partial charge in [-0.05, 0) is 30.2 Å². The van der Waals surface area contributed by atoms with Gasteiger partial charge >= 0.3 is 5.97 Å². The van der Waals surface area contributed by atoms with Crippen molar-refractivity contribution in [3.05, 3.63) is 35.4 Å². The van der Waals surface area contributed by atoms with Gasteiger partial charge in [0.15, 0.2) is 0 Å². The number of aliphatic carboxylic acids is 1. The van der Waals surface area contributed by atoms with Gasteiger partial charge in [0, 0.05) is 0 Å². The van der Waals surface area contributed by atoms with Crippen LogP contribution in [-0.4, -0.2) is 17.7 Å². The van der Waals surface area contributed by atoms with Gasteiger partial charge in [-0.2, -0.15) is 5.26 Å². The van der Waals surface area contributed by atoms with E-state index in [1.807, 2.05) is 0 Å². The van der Waals surface area contributed by atoms with Crippen molar-refractivity contribution in [1.29, 1.82) is 5.26 Å². The molecule has 24 heavy (non-hydrogen) atoms. The van der Waals surface area contributed by atoms with E-state index in [2.05, 4.69) is 6.92 Å². The summed E-state index contributed by atoms with van der Waals surface area (Å²) in [7, 11) is 0. The van der Waals surface area contributed by atoms with E-state index in [9.17, 15) is 4.79 Å². The first-order chi connectivity index (χ1) is 11.7. The zero-order chi connectivity index (χ0) is 17.6. The highest BCUT2D eigenvalue weighted by molar-refractivity contribution is 5.96. The molecule has 0 saturated heterocycles. The molecule has 0 unspecified atom stereocenters. The fourth-order valence-corrected chi connectivity index (χ4v) is 2.39. The summed E-state index contributed by atoms with van der Waals surface area (Å²) in [6.07, 6.45) is 11.5. The highest BCUT2D eigenvalue weighted by Gasteiger charge is 2.05. The van der Waals surface area contributed by atoms with E-state index in [0.29, 0.717) is 12.2 Å². The average molecular weight is 329 g/mol. The Balaban J connectivity index is 2.23. The molecule has 0 heterocycles. The molecule has 0 aromatic heterocycles. The lowest BCUT2D eigenvalue weighted by Gasteiger charge is -2.06. The van der Waals surface area contributed by atoms with E-state index in [0.717, 1.165) is 12.2 Å². The van der Waals surface area contributed by atoms with Crippen molar-refractivity contribution in [3.63, 3.8) is 0 Å². The molecule has 0 aliphatic heterocycles. The van der Waals surface area contributed by atoms with Crippen molar-refractivity contribution in [3.8, 4) is 11.8 Å². The van der Waals surface area contributed by atoms with Crippen LogP contribution in [0.25, 0.3) is 6.08 Å². The first-order valence-corrected chi connectivity index (χ1v) is 8.75. The molecule has 1 N–H and O–H groups in total. The lowest BCUT2D eigenvalue weighted by Crippen LogP contribution is -1.98. The van der Waals surface area contributed by atoms with Crippen molar-refractivity contribution in [1.82, 2.24) is 0 Å². The van der Waals surface area contributed by atoms with Crippen LogP contribution in [0.3, 0.4) is 0 Å². The third-order valence-electron chi connectivity index (χ3n) is 3.81. The molecule has 130 valence electrons. The summed E-state index contributed by atoms with van der Waals surface area (Å²) in [5.41, 5.74) is 0.399. The van der Waals surface area contributed by atoms with Crippen molar-refractivity contribution < 1.29 is 14.6 Å². The normalized spacial score (nSPS) is 11.1.